The van der Waals surface area contributed by atoms with E-state index in [2.05, 4.69) is 15.7 Å². The Bertz CT molecular complexity index is 618. The smallest absolute Gasteiger partial charge is 0.292 e. The van der Waals surface area contributed by atoms with Gasteiger partial charge in [0.25, 0.3) is 11.8 Å². The van der Waals surface area contributed by atoms with Gasteiger partial charge in [-0.25, -0.2) is 0 Å². The number of hydrogen-bond donors (Lipinski definition) is 2. The molecule has 0 unspecified atom stereocenters. The van der Waals surface area contributed by atoms with Crippen molar-refractivity contribution in [2.75, 3.05) is 25.6 Å². The summed E-state index contributed by atoms with van der Waals surface area (Å²) >= 11 is 0. The summed E-state index contributed by atoms with van der Waals surface area (Å²) in [6.45, 7) is 0.806. The van der Waals surface area contributed by atoms with Gasteiger partial charge in [0.05, 0.1) is 12.9 Å². The highest BCUT2D eigenvalue weighted by atomic mass is 16.5. The normalized spacial score (nSPS) is 10.4. The number of rotatable bonds is 6. The summed E-state index contributed by atoms with van der Waals surface area (Å²) in [5, 5.41) is 9.31. The Kier molecular flexibility index (Phi) is 4.72. The molecule has 0 radical (unpaired) electrons. The van der Waals surface area contributed by atoms with Crippen LogP contribution in [0.25, 0.3) is 0 Å². The number of methoxy groups -OCH3 is 1. The number of nitrogens with one attached hydrogen (secondary N) is 2. The van der Waals surface area contributed by atoms with Crippen molar-refractivity contribution in [1.29, 1.82) is 0 Å². The molecule has 0 atom stereocenters. The van der Waals surface area contributed by atoms with E-state index in [4.69, 9.17) is 9.15 Å². The number of aryl methyl sites for hydroxylation is 1. The average molecular weight is 292 g/mol. The van der Waals surface area contributed by atoms with Crippen LogP contribution in [0.2, 0.25) is 0 Å². The number of anilines is 1. The summed E-state index contributed by atoms with van der Waals surface area (Å²) in [5.41, 5.74) is 0.211. The van der Waals surface area contributed by atoms with Gasteiger partial charge >= 0.3 is 0 Å². The molecule has 2 N–H and O–H groups in total. The van der Waals surface area contributed by atoms with Crippen molar-refractivity contribution in [1.82, 2.24) is 15.1 Å². The van der Waals surface area contributed by atoms with E-state index in [1.165, 1.54) is 17.0 Å². The van der Waals surface area contributed by atoms with Crippen LogP contribution in [0.15, 0.2) is 28.9 Å². The van der Waals surface area contributed by atoms with Crippen LogP contribution < -0.4 is 10.6 Å². The van der Waals surface area contributed by atoms with Gasteiger partial charge in [-0.3, -0.25) is 14.3 Å². The molecule has 0 aliphatic heterocycles. The third-order valence-corrected chi connectivity index (χ3v) is 2.69. The highest BCUT2D eigenvalue weighted by Crippen LogP contribution is 2.11. The number of amides is 2. The first kappa shape index (κ1) is 14.8. The lowest BCUT2D eigenvalue weighted by atomic mass is 10.3. The second-order valence-corrected chi connectivity index (χ2v) is 4.22. The van der Waals surface area contributed by atoms with Crippen LogP contribution in [0, 0.1) is 0 Å². The Morgan fingerprint density at radius 1 is 1.43 bits per heavy atom. The van der Waals surface area contributed by atoms with Gasteiger partial charge in [-0.2, -0.15) is 5.10 Å². The summed E-state index contributed by atoms with van der Waals surface area (Å²) < 4.78 is 11.2. The second kappa shape index (κ2) is 6.71. The molecule has 0 saturated heterocycles. The summed E-state index contributed by atoms with van der Waals surface area (Å²) in [6.07, 6.45) is 1.41. The third-order valence-electron chi connectivity index (χ3n) is 2.69. The molecule has 0 spiro atoms. The summed E-state index contributed by atoms with van der Waals surface area (Å²) in [6, 6.07) is 4.65. The molecule has 0 bridgehead atoms. The average Bonchev–Trinajstić information content (AvgIpc) is 3.09. The quantitative estimate of drug-likeness (QED) is 0.761. The van der Waals surface area contributed by atoms with Crippen molar-refractivity contribution in [3.8, 4) is 0 Å². The van der Waals surface area contributed by atoms with E-state index in [0.29, 0.717) is 19.0 Å². The predicted molar refractivity (Wildman–Crippen MR) is 74.1 cm³/mol. The van der Waals surface area contributed by atoms with E-state index in [0.717, 1.165) is 0 Å². The van der Waals surface area contributed by atoms with Gasteiger partial charge in [0.15, 0.2) is 11.5 Å². The fourth-order valence-corrected chi connectivity index (χ4v) is 1.64. The first-order valence-electron chi connectivity index (χ1n) is 6.28. The van der Waals surface area contributed by atoms with Crippen molar-refractivity contribution in [3.05, 3.63) is 35.9 Å². The van der Waals surface area contributed by atoms with E-state index in [1.807, 2.05) is 0 Å². The highest BCUT2D eigenvalue weighted by Gasteiger charge is 2.15. The number of ether oxygens (including phenoxy) is 1. The first-order valence-corrected chi connectivity index (χ1v) is 6.28. The number of aromatic nitrogens is 2. The van der Waals surface area contributed by atoms with E-state index in [-0.39, 0.29) is 17.4 Å². The van der Waals surface area contributed by atoms with Gasteiger partial charge in [-0.1, -0.05) is 0 Å². The number of carbonyl (C=O) groups excluding carboxylic acids is 2. The van der Waals surface area contributed by atoms with Crippen LogP contribution in [0.1, 0.15) is 21.0 Å². The first-order chi connectivity index (χ1) is 10.1. The third kappa shape index (κ3) is 3.69. The molecule has 8 heteroatoms. The Balaban J connectivity index is 2.02. The van der Waals surface area contributed by atoms with Crippen molar-refractivity contribution in [2.24, 2.45) is 7.05 Å². The van der Waals surface area contributed by atoms with Crippen LogP contribution in [0.4, 0.5) is 5.82 Å². The number of furan rings is 1. The Labute approximate surface area is 121 Å². The van der Waals surface area contributed by atoms with Crippen molar-refractivity contribution in [3.63, 3.8) is 0 Å². The highest BCUT2D eigenvalue weighted by molar-refractivity contribution is 6.02. The van der Waals surface area contributed by atoms with Gasteiger partial charge in [0.2, 0.25) is 0 Å². The van der Waals surface area contributed by atoms with Gasteiger partial charge in [0.1, 0.15) is 5.82 Å². The number of hydrogen-bond acceptors (Lipinski definition) is 5. The lowest BCUT2D eigenvalue weighted by Crippen LogP contribution is -2.27. The summed E-state index contributed by atoms with van der Waals surface area (Å²) in [7, 11) is 3.18. The zero-order valence-corrected chi connectivity index (χ0v) is 11.8. The summed E-state index contributed by atoms with van der Waals surface area (Å²) in [5.74, 6) is -0.161. The van der Waals surface area contributed by atoms with Crippen LogP contribution in [0.5, 0.6) is 0 Å². The molecule has 2 amide bonds. The molecule has 21 heavy (non-hydrogen) atoms. The SMILES string of the molecule is COCCNC(=O)c1cc(NC(=O)c2ccco2)n(C)n1. The molecule has 0 aliphatic rings. The van der Waals surface area contributed by atoms with E-state index >= 15 is 0 Å². The maximum Gasteiger partial charge on any atom is 0.292 e. The second-order valence-electron chi connectivity index (χ2n) is 4.22. The molecule has 0 aromatic carbocycles. The fourth-order valence-electron chi connectivity index (χ4n) is 1.64. The molecule has 0 aliphatic carbocycles. The van der Waals surface area contributed by atoms with Gasteiger partial charge < -0.3 is 19.8 Å². The maximum absolute atomic E-state index is 11.9. The molecule has 0 saturated carbocycles. The molecule has 0 fully saturated rings. The topological polar surface area (TPSA) is 98.4 Å². The largest absolute Gasteiger partial charge is 0.459 e. The predicted octanol–water partition coefficient (Wildman–Crippen LogP) is 0.642. The number of carbonyl (C=O) groups is 2. The zero-order chi connectivity index (χ0) is 15.2. The molecular weight excluding hydrogens is 276 g/mol. The minimum Gasteiger partial charge on any atom is -0.459 e. The monoisotopic (exact) mass is 292 g/mol. The van der Waals surface area contributed by atoms with Crippen LogP contribution in [-0.2, 0) is 11.8 Å². The molecule has 2 heterocycles. The zero-order valence-electron chi connectivity index (χ0n) is 11.8. The minimum atomic E-state index is -0.408. The minimum absolute atomic E-state index is 0.183. The Hall–Kier alpha value is -2.61. The van der Waals surface area contributed by atoms with Crippen molar-refractivity contribution in [2.45, 2.75) is 0 Å². The lowest BCUT2D eigenvalue weighted by molar-refractivity contribution is 0.0930. The maximum atomic E-state index is 11.9. The van der Waals surface area contributed by atoms with Gasteiger partial charge in [-0.15, -0.1) is 0 Å². The molecule has 2 aromatic heterocycles. The summed E-state index contributed by atoms with van der Waals surface area (Å²) in [4.78, 5) is 23.7. The molecule has 112 valence electrons. The lowest BCUT2D eigenvalue weighted by Gasteiger charge is -2.01. The fraction of sp³-hybridized carbons (Fsp3) is 0.308. The van der Waals surface area contributed by atoms with Crippen molar-refractivity contribution < 1.29 is 18.7 Å². The van der Waals surface area contributed by atoms with Crippen LogP contribution in [-0.4, -0.2) is 41.9 Å². The van der Waals surface area contributed by atoms with E-state index in [9.17, 15) is 9.59 Å². The molecule has 2 rings (SSSR count). The van der Waals surface area contributed by atoms with Crippen LogP contribution in [0.3, 0.4) is 0 Å². The van der Waals surface area contributed by atoms with Gasteiger partial charge in [0, 0.05) is 26.8 Å². The van der Waals surface area contributed by atoms with Crippen molar-refractivity contribution >= 4 is 17.6 Å². The van der Waals surface area contributed by atoms with E-state index < -0.39 is 5.91 Å². The van der Waals surface area contributed by atoms with Gasteiger partial charge in [-0.05, 0) is 12.1 Å². The number of nitrogens with zero attached hydrogens (tertiary/aromatic N) is 2. The molecule has 8 nitrogen and oxygen atoms in total. The Morgan fingerprint density at radius 2 is 2.24 bits per heavy atom. The Morgan fingerprint density at radius 3 is 2.90 bits per heavy atom. The van der Waals surface area contributed by atoms with Crippen LogP contribution >= 0.6 is 0 Å². The van der Waals surface area contributed by atoms with E-state index in [1.54, 1.807) is 26.3 Å². The molecule has 2 aromatic rings. The standard InChI is InChI=1S/C13H16N4O4/c1-17-11(15-13(19)10-4-3-6-21-10)8-9(16-17)12(18)14-5-7-20-2/h3-4,6,8H,5,7H2,1-2H3,(H,14,18)(H,15,19). The molecular formula is C13H16N4O4.